The molecule has 27 heavy (non-hydrogen) atoms. The van der Waals surface area contributed by atoms with Crippen LogP contribution in [-0.2, 0) is 6.42 Å². The zero-order valence-corrected chi connectivity index (χ0v) is 14.4. The molecule has 0 unspecified atom stereocenters. The first-order chi connectivity index (χ1) is 12.8. The minimum atomic E-state index is -5.19. The van der Waals surface area contributed by atoms with E-state index in [1.165, 1.54) is 11.8 Å². The molecule has 0 radical (unpaired) electrons. The third-order valence-corrected chi connectivity index (χ3v) is 3.52. The van der Waals surface area contributed by atoms with Crippen molar-refractivity contribution in [1.29, 1.82) is 0 Å². The second-order valence-electron chi connectivity index (χ2n) is 5.70. The van der Waals surface area contributed by atoms with E-state index in [1.807, 2.05) is 24.3 Å². The van der Waals surface area contributed by atoms with Crippen molar-refractivity contribution >= 4 is 12.4 Å². The van der Waals surface area contributed by atoms with E-state index in [4.69, 9.17) is 0 Å². The summed E-state index contributed by atoms with van der Waals surface area (Å²) in [4.78, 5) is 0. The topological polar surface area (TPSA) is 34.0 Å². The molecule has 2 rings (SSSR count). The lowest BCUT2D eigenvalue weighted by molar-refractivity contribution is -0.276. The monoisotopic (exact) mass is 384 g/mol. The summed E-state index contributed by atoms with van der Waals surface area (Å²) in [5, 5.41) is 7.40. The SMILES string of the molecule is CCCCc1ccc(C=NN=Cc2cc(F)c(OC(F)(F)F)c(F)c2)cc1. The van der Waals surface area contributed by atoms with Crippen LogP contribution in [0.25, 0.3) is 0 Å². The Morgan fingerprint density at radius 3 is 2.00 bits per heavy atom. The normalized spacial score (nSPS) is 12.2. The Balaban J connectivity index is 2.02. The summed E-state index contributed by atoms with van der Waals surface area (Å²) >= 11 is 0. The fourth-order valence-electron chi connectivity index (χ4n) is 2.22. The van der Waals surface area contributed by atoms with E-state index in [-0.39, 0.29) is 5.56 Å². The van der Waals surface area contributed by atoms with Crippen molar-refractivity contribution in [2.45, 2.75) is 32.5 Å². The Labute approximate surface area is 153 Å². The predicted octanol–water partition coefficient (Wildman–Crippen LogP) is 5.66. The molecule has 8 heteroatoms. The molecule has 0 fully saturated rings. The van der Waals surface area contributed by atoms with Gasteiger partial charge in [0.15, 0.2) is 11.6 Å². The van der Waals surface area contributed by atoms with E-state index in [9.17, 15) is 22.0 Å². The van der Waals surface area contributed by atoms with Gasteiger partial charge in [-0.2, -0.15) is 10.2 Å². The van der Waals surface area contributed by atoms with Gasteiger partial charge in [-0.05, 0) is 36.1 Å². The highest BCUT2D eigenvalue weighted by molar-refractivity contribution is 5.82. The molecule has 0 spiro atoms. The summed E-state index contributed by atoms with van der Waals surface area (Å²) in [6.45, 7) is 2.12. The van der Waals surface area contributed by atoms with Crippen molar-refractivity contribution in [2.24, 2.45) is 10.2 Å². The third kappa shape index (κ3) is 6.80. The maximum Gasteiger partial charge on any atom is 0.573 e. The maximum atomic E-state index is 13.6. The molecule has 0 atom stereocenters. The number of halogens is 5. The van der Waals surface area contributed by atoms with Gasteiger partial charge < -0.3 is 4.74 Å². The van der Waals surface area contributed by atoms with Crippen LogP contribution in [0.3, 0.4) is 0 Å². The molecule has 0 aromatic heterocycles. The van der Waals surface area contributed by atoms with Gasteiger partial charge in [0.2, 0.25) is 5.75 Å². The van der Waals surface area contributed by atoms with E-state index < -0.39 is 23.7 Å². The molecule has 2 aromatic rings. The van der Waals surface area contributed by atoms with Crippen LogP contribution in [-0.4, -0.2) is 18.8 Å². The first kappa shape index (κ1) is 20.5. The number of alkyl halides is 3. The molecule has 2 aromatic carbocycles. The Bertz CT molecular complexity index is 791. The number of aryl methyl sites for hydroxylation is 1. The average Bonchev–Trinajstić information content (AvgIpc) is 2.60. The first-order valence-corrected chi connectivity index (χ1v) is 8.18. The van der Waals surface area contributed by atoms with Crippen molar-refractivity contribution in [2.75, 3.05) is 0 Å². The third-order valence-electron chi connectivity index (χ3n) is 3.52. The lowest BCUT2D eigenvalue weighted by Crippen LogP contribution is -2.19. The highest BCUT2D eigenvalue weighted by Crippen LogP contribution is 2.29. The molecule has 144 valence electrons. The van der Waals surface area contributed by atoms with Crippen molar-refractivity contribution in [3.05, 3.63) is 64.7 Å². The van der Waals surface area contributed by atoms with E-state index in [0.717, 1.165) is 31.0 Å². The molecule has 0 aliphatic rings. The van der Waals surface area contributed by atoms with Gasteiger partial charge in [-0.15, -0.1) is 13.2 Å². The first-order valence-electron chi connectivity index (χ1n) is 8.18. The van der Waals surface area contributed by atoms with E-state index in [0.29, 0.717) is 12.1 Å². The van der Waals surface area contributed by atoms with Gasteiger partial charge in [-0.3, -0.25) is 0 Å². The molecule has 0 amide bonds. The number of nitrogens with zero attached hydrogens (tertiary/aromatic N) is 2. The Hall–Kier alpha value is -2.77. The lowest BCUT2D eigenvalue weighted by Gasteiger charge is -2.10. The van der Waals surface area contributed by atoms with Gasteiger partial charge in [-0.1, -0.05) is 37.6 Å². The Morgan fingerprint density at radius 1 is 0.926 bits per heavy atom. The highest BCUT2D eigenvalue weighted by Gasteiger charge is 2.34. The van der Waals surface area contributed by atoms with Crippen LogP contribution in [0.5, 0.6) is 5.75 Å². The molecule has 0 N–H and O–H groups in total. The largest absolute Gasteiger partial charge is 0.573 e. The molecular formula is C19H17F5N2O. The fourth-order valence-corrected chi connectivity index (χ4v) is 2.22. The summed E-state index contributed by atoms with van der Waals surface area (Å²) in [5.74, 6) is -4.48. The zero-order valence-electron chi connectivity index (χ0n) is 14.4. The van der Waals surface area contributed by atoms with Gasteiger partial charge in [0.05, 0.1) is 12.4 Å². The number of unbranched alkanes of at least 4 members (excludes halogenated alkanes) is 1. The van der Waals surface area contributed by atoms with Gasteiger partial charge >= 0.3 is 6.36 Å². The summed E-state index contributed by atoms with van der Waals surface area (Å²) in [6.07, 6.45) is 0.509. The Morgan fingerprint density at radius 2 is 1.48 bits per heavy atom. The smallest absolute Gasteiger partial charge is 0.399 e. The van der Waals surface area contributed by atoms with E-state index >= 15 is 0 Å². The minimum absolute atomic E-state index is 0.0911. The van der Waals surface area contributed by atoms with Crippen LogP contribution in [0.4, 0.5) is 22.0 Å². The van der Waals surface area contributed by atoms with Crippen molar-refractivity contribution in [3.8, 4) is 5.75 Å². The molecule has 0 heterocycles. The fraction of sp³-hybridized carbons (Fsp3) is 0.263. The van der Waals surface area contributed by atoms with Crippen molar-refractivity contribution in [3.63, 3.8) is 0 Å². The highest BCUT2D eigenvalue weighted by atomic mass is 19.4. The van der Waals surface area contributed by atoms with Crippen LogP contribution < -0.4 is 4.74 Å². The molecule has 0 aliphatic carbocycles. The second kappa shape index (κ2) is 9.25. The van der Waals surface area contributed by atoms with Crippen molar-refractivity contribution in [1.82, 2.24) is 0 Å². The van der Waals surface area contributed by atoms with Gasteiger partial charge in [0, 0.05) is 5.56 Å². The molecular weight excluding hydrogens is 367 g/mol. The average molecular weight is 384 g/mol. The van der Waals surface area contributed by atoms with Gasteiger partial charge in [-0.25, -0.2) is 8.78 Å². The van der Waals surface area contributed by atoms with Crippen LogP contribution in [0, 0.1) is 11.6 Å². The van der Waals surface area contributed by atoms with Gasteiger partial charge in [0.25, 0.3) is 0 Å². The summed E-state index contributed by atoms with van der Waals surface area (Å²) < 4.78 is 66.8. The summed E-state index contributed by atoms with van der Waals surface area (Å²) in [5.41, 5.74) is 1.91. The van der Waals surface area contributed by atoms with Crippen LogP contribution in [0.2, 0.25) is 0 Å². The number of rotatable bonds is 7. The van der Waals surface area contributed by atoms with Crippen LogP contribution in [0.15, 0.2) is 46.6 Å². The minimum Gasteiger partial charge on any atom is -0.399 e. The van der Waals surface area contributed by atoms with E-state index in [1.54, 1.807) is 0 Å². The number of hydrogen-bond donors (Lipinski definition) is 0. The second-order valence-corrected chi connectivity index (χ2v) is 5.70. The van der Waals surface area contributed by atoms with Gasteiger partial charge in [0.1, 0.15) is 0 Å². The van der Waals surface area contributed by atoms with E-state index in [2.05, 4.69) is 21.9 Å². The number of hydrogen-bond acceptors (Lipinski definition) is 3. The molecule has 0 saturated heterocycles. The summed E-state index contributed by atoms with van der Waals surface area (Å²) in [7, 11) is 0. The predicted molar refractivity (Wildman–Crippen MR) is 93.3 cm³/mol. The molecule has 0 aliphatic heterocycles. The van der Waals surface area contributed by atoms with Crippen molar-refractivity contribution < 1.29 is 26.7 Å². The lowest BCUT2D eigenvalue weighted by atomic mass is 10.1. The Kier molecular flexibility index (Phi) is 7.04. The number of ether oxygens (including phenoxy) is 1. The quantitative estimate of drug-likeness (QED) is 0.345. The number of benzene rings is 2. The molecule has 0 saturated carbocycles. The zero-order chi connectivity index (χ0) is 19.9. The van der Waals surface area contributed by atoms with Crippen LogP contribution >= 0.6 is 0 Å². The molecule has 0 bridgehead atoms. The van der Waals surface area contributed by atoms with Crippen LogP contribution in [0.1, 0.15) is 36.5 Å². The maximum absolute atomic E-state index is 13.6. The molecule has 3 nitrogen and oxygen atoms in total. The summed E-state index contributed by atoms with van der Waals surface area (Å²) in [6, 6.07) is 9.03. The standard InChI is InChI=1S/C19H17F5N2O/c1-2-3-4-13-5-7-14(8-6-13)11-25-26-12-15-9-16(20)18(17(21)10-15)27-19(22,23)24/h5-12H,2-4H2,1H3.